The normalized spacial score (nSPS) is 12.2. The zero-order valence-electron chi connectivity index (χ0n) is 11.4. The molecular formula is C13H18N4OS. The van der Waals surface area contributed by atoms with Crippen molar-refractivity contribution in [3.8, 4) is 5.88 Å². The minimum absolute atomic E-state index is 0.333. The van der Waals surface area contributed by atoms with Gasteiger partial charge in [-0.15, -0.1) is 11.3 Å². The van der Waals surface area contributed by atoms with E-state index in [0.29, 0.717) is 24.4 Å². The van der Waals surface area contributed by atoms with Gasteiger partial charge in [-0.05, 0) is 13.8 Å². The topological polar surface area (TPSA) is 59.9 Å². The van der Waals surface area contributed by atoms with Crippen LogP contribution in [0, 0.1) is 6.92 Å². The van der Waals surface area contributed by atoms with Gasteiger partial charge in [0.1, 0.15) is 0 Å². The number of rotatable bonds is 6. The van der Waals surface area contributed by atoms with Gasteiger partial charge in [-0.25, -0.2) is 9.97 Å². The third kappa shape index (κ3) is 3.89. The highest BCUT2D eigenvalue weighted by Gasteiger charge is 2.09. The van der Waals surface area contributed by atoms with E-state index < -0.39 is 0 Å². The van der Waals surface area contributed by atoms with Gasteiger partial charge in [0, 0.05) is 35.8 Å². The van der Waals surface area contributed by atoms with Gasteiger partial charge in [0.05, 0.1) is 11.6 Å². The Morgan fingerprint density at radius 1 is 1.42 bits per heavy atom. The van der Waals surface area contributed by atoms with Crippen molar-refractivity contribution in [2.75, 3.05) is 18.5 Å². The number of ether oxygens (including phenoxy) is 1. The molecule has 2 aromatic heterocycles. The fraction of sp³-hybridized carbons (Fsp3) is 0.462. The lowest BCUT2D eigenvalue weighted by Gasteiger charge is -2.11. The summed E-state index contributed by atoms with van der Waals surface area (Å²) >= 11 is 1.66. The highest BCUT2D eigenvalue weighted by Crippen LogP contribution is 2.18. The lowest BCUT2D eigenvalue weighted by molar-refractivity contribution is 0.326. The molecule has 0 saturated heterocycles. The molecule has 5 nitrogen and oxygen atoms in total. The summed E-state index contributed by atoms with van der Waals surface area (Å²) in [7, 11) is 0. The van der Waals surface area contributed by atoms with Crippen LogP contribution in [-0.4, -0.2) is 28.1 Å². The molecule has 0 saturated carbocycles. The number of anilines is 1. The summed E-state index contributed by atoms with van der Waals surface area (Å²) in [6.45, 7) is 7.35. The molecule has 0 aliphatic carbocycles. The van der Waals surface area contributed by atoms with Crippen LogP contribution in [0.1, 0.15) is 30.5 Å². The van der Waals surface area contributed by atoms with E-state index in [1.54, 1.807) is 11.3 Å². The van der Waals surface area contributed by atoms with Crippen LogP contribution in [0.15, 0.2) is 17.6 Å². The number of thiazole rings is 1. The summed E-state index contributed by atoms with van der Waals surface area (Å²) in [5.41, 5.74) is 0.892. The van der Waals surface area contributed by atoms with Crippen LogP contribution in [-0.2, 0) is 0 Å². The van der Waals surface area contributed by atoms with E-state index in [0.717, 1.165) is 17.2 Å². The van der Waals surface area contributed by atoms with E-state index in [-0.39, 0.29) is 0 Å². The van der Waals surface area contributed by atoms with E-state index in [1.807, 2.05) is 31.5 Å². The number of hydrogen-bond donors (Lipinski definition) is 1. The van der Waals surface area contributed by atoms with Crippen molar-refractivity contribution in [3.05, 3.63) is 28.3 Å². The van der Waals surface area contributed by atoms with Gasteiger partial charge in [0.15, 0.2) is 0 Å². The Morgan fingerprint density at radius 2 is 2.26 bits per heavy atom. The predicted molar refractivity (Wildman–Crippen MR) is 77.0 cm³/mol. The molecule has 19 heavy (non-hydrogen) atoms. The average molecular weight is 278 g/mol. The molecule has 0 fully saturated rings. The second-order valence-corrected chi connectivity index (χ2v) is 5.18. The molecule has 0 spiro atoms. The molecule has 2 aromatic rings. The predicted octanol–water partition coefficient (Wildman–Crippen LogP) is 2.86. The van der Waals surface area contributed by atoms with Crippen LogP contribution in [0.3, 0.4) is 0 Å². The summed E-state index contributed by atoms with van der Waals surface area (Å²) in [6.07, 6.45) is 1.83. The first-order valence-electron chi connectivity index (χ1n) is 6.30. The van der Waals surface area contributed by atoms with Gasteiger partial charge in [0.2, 0.25) is 11.8 Å². The second kappa shape index (κ2) is 6.47. The average Bonchev–Trinajstić information content (AvgIpc) is 2.89. The molecular weight excluding hydrogens is 260 g/mol. The standard InChI is InChI=1S/C13H18N4OS/c1-4-18-11-7-10(3)16-13(17-11)15-8-9(2)12-14-5-6-19-12/h5-7,9H,4,8H2,1-3H3,(H,15,16,17). The monoisotopic (exact) mass is 278 g/mol. The molecule has 6 heteroatoms. The molecule has 0 radical (unpaired) electrons. The molecule has 0 aromatic carbocycles. The van der Waals surface area contributed by atoms with Gasteiger partial charge in [-0.3, -0.25) is 0 Å². The number of nitrogens with one attached hydrogen (secondary N) is 1. The van der Waals surface area contributed by atoms with E-state index in [9.17, 15) is 0 Å². The Bertz CT molecular complexity index is 515. The van der Waals surface area contributed by atoms with Crippen LogP contribution >= 0.6 is 11.3 Å². The van der Waals surface area contributed by atoms with Crippen LogP contribution in [0.5, 0.6) is 5.88 Å². The summed E-state index contributed by atoms with van der Waals surface area (Å²) in [6, 6.07) is 1.83. The van der Waals surface area contributed by atoms with E-state index in [1.165, 1.54) is 0 Å². The highest BCUT2D eigenvalue weighted by molar-refractivity contribution is 7.09. The largest absolute Gasteiger partial charge is 0.478 e. The third-order valence-corrected chi connectivity index (χ3v) is 3.57. The zero-order valence-corrected chi connectivity index (χ0v) is 12.2. The van der Waals surface area contributed by atoms with Crippen molar-refractivity contribution in [3.63, 3.8) is 0 Å². The van der Waals surface area contributed by atoms with Crippen LogP contribution in [0.2, 0.25) is 0 Å². The molecule has 1 N–H and O–H groups in total. The highest BCUT2D eigenvalue weighted by atomic mass is 32.1. The summed E-state index contributed by atoms with van der Waals surface area (Å²) in [4.78, 5) is 13.0. The van der Waals surface area contributed by atoms with Crippen molar-refractivity contribution in [2.45, 2.75) is 26.7 Å². The first-order chi connectivity index (χ1) is 9.19. The Labute approximate surface area is 117 Å². The lowest BCUT2D eigenvalue weighted by Crippen LogP contribution is -2.12. The number of hydrogen-bond acceptors (Lipinski definition) is 6. The smallest absolute Gasteiger partial charge is 0.226 e. The minimum atomic E-state index is 0.333. The van der Waals surface area contributed by atoms with Crippen molar-refractivity contribution >= 4 is 17.3 Å². The van der Waals surface area contributed by atoms with Gasteiger partial charge < -0.3 is 10.1 Å². The maximum atomic E-state index is 5.40. The van der Waals surface area contributed by atoms with Gasteiger partial charge in [0.25, 0.3) is 0 Å². The fourth-order valence-corrected chi connectivity index (χ4v) is 2.35. The zero-order chi connectivity index (χ0) is 13.7. The molecule has 2 rings (SSSR count). The lowest BCUT2D eigenvalue weighted by atomic mass is 10.2. The number of nitrogens with zero attached hydrogens (tertiary/aromatic N) is 3. The second-order valence-electron chi connectivity index (χ2n) is 4.26. The molecule has 0 amide bonds. The van der Waals surface area contributed by atoms with Crippen LogP contribution in [0.25, 0.3) is 0 Å². The summed E-state index contributed by atoms with van der Waals surface area (Å²) in [5, 5.41) is 6.34. The molecule has 2 heterocycles. The van der Waals surface area contributed by atoms with E-state index in [2.05, 4.69) is 27.2 Å². The Hall–Kier alpha value is -1.69. The molecule has 0 aliphatic heterocycles. The van der Waals surface area contributed by atoms with Crippen molar-refractivity contribution in [1.82, 2.24) is 15.0 Å². The van der Waals surface area contributed by atoms with E-state index >= 15 is 0 Å². The summed E-state index contributed by atoms with van der Waals surface area (Å²) in [5.74, 6) is 1.55. The molecule has 0 bridgehead atoms. The molecule has 1 unspecified atom stereocenters. The Balaban J connectivity index is 1.99. The number of aromatic nitrogens is 3. The molecule has 102 valence electrons. The van der Waals surface area contributed by atoms with Crippen molar-refractivity contribution < 1.29 is 4.74 Å². The maximum Gasteiger partial charge on any atom is 0.226 e. The van der Waals surface area contributed by atoms with Crippen molar-refractivity contribution in [2.24, 2.45) is 0 Å². The van der Waals surface area contributed by atoms with Crippen LogP contribution in [0.4, 0.5) is 5.95 Å². The number of aryl methyl sites for hydroxylation is 1. The Kier molecular flexibility index (Phi) is 4.68. The maximum absolute atomic E-state index is 5.40. The Morgan fingerprint density at radius 3 is 2.95 bits per heavy atom. The first-order valence-corrected chi connectivity index (χ1v) is 7.18. The molecule has 0 aliphatic rings. The first kappa shape index (κ1) is 13.7. The van der Waals surface area contributed by atoms with Gasteiger partial charge in [-0.1, -0.05) is 6.92 Å². The third-order valence-electron chi connectivity index (χ3n) is 2.56. The fourth-order valence-electron chi connectivity index (χ4n) is 1.65. The van der Waals surface area contributed by atoms with Gasteiger partial charge >= 0.3 is 0 Å². The van der Waals surface area contributed by atoms with Gasteiger partial charge in [-0.2, -0.15) is 4.98 Å². The van der Waals surface area contributed by atoms with Crippen LogP contribution < -0.4 is 10.1 Å². The minimum Gasteiger partial charge on any atom is -0.478 e. The quantitative estimate of drug-likeness (QED) is 0.880. The SMILES string of the molecule is CCOc1cc(C)nc(NCC(C)c2nccs2)n1. The van der Waals surface area contributed by atoms with E-state index in [4.69, 9.17) is 4.74 Å². The molecule has 1 atom stereocenters. The summed E-state index contributed by atoms with van der Waals surface area (Å²) < 4.78 is 5.40. The van der Waals surface area contributed by atoms with Crippen molar-refractivity contribution in [1.29, 1.82) is 0 Å².